The van der Waals surface area contributed by atoms with Gasteiger partial charge >= 0.3 is 5.97 Å². The molecule has 58 valence electrons. The van der Waals surface area contributed by atoms with Crippen LogP contribution in [0.4, 0.5) is 0 Å². The smallest absolute Gasteiger partial charge is 0.373 e. The third-order valence-electron chi connectivity index (χ3n) is 0.643. The molecule has 0 spiro atoms. The second-order valence-corrected chi connectivity index (χ2v) is 1.17. The van der Waals surface area contributed by atoms with Crippen molar-refractivity contribution in [1.29, 1.82) is 0 Å². The number of aromatic carboxylic acids is 1. The molecule has 0 aliphatic heterocycles. The first-order valence-electron chi connectivity index (χ1n) is 1.92. The van der Waals surface area contributed by atoms with E-state index in [4.69, 9.17) is 5.11 Å². The normalized spacial score (nSPS) is 7.20. The van der Waals surface area contributed by atoms with Crippen LogP contribution in [0.5, 0.6) is 0 Å². The molecule has 0 unspecified atom stereocenters. The lowest BCUT2D eigenvalue weighted by Crippen LogP contribution is -1.91. The molecule has 0 amide bonds. The maximum absolute atomic E-state index is 9.93. The van der Waals surface area contributed by atoms with E-state index in [0.29, 0.717) is 0 Å². The number of rotatable bonds is 1. The molecule has 0 saturated heterocycles. The Kier molecular flexibility index (Phi) is 6.09. The minimum absolute atomic E-state index is 0. The first-order valence-corrected chi connectivity index (χ1v) is 1.92. The van der Waals surface area contributed by atoms with Crippen LogP contribution in [-0.2, 0) is 0 Å². The summed E-state index contributed by atoms with van der Waals surface area (Å²) in [5.41, 5.74) is 0. The average Bonchev–Trinajstić information content (AvgIpc) is 2.12. The lowest BCUT2D eigenvalue weighted by Gasteiger charge is -1.77. The van der Waals surface area contributed by atoms with Crippen molar-refractivity contribution >= 4 is 30.8 Å². The predicted octanol–water partition coefficient (Wildman–Crippen LogP) is 1.22. The fourth-order valence-electron chi connectivity index (χ4n) is 0.321. The molecule has 0 fully saturated rings. The molecule has 0 atom stereocenters. The lowest BCUT2D eigenvalue weighted by atomic mass is 10.5. The summed E-state index contributed by atoms with van der Waals surface area (Å²) >= 11 is 0. The summed E-state index contributed by atoms with van der Waals surface area (Å²) in [7, 11) is 0. The Balaban J connectivity index is 0. The van der Waals surface area contributed by atoms with E-state index >= 15 is 0 Å². The zero-order valence-electron chi connectivity index (χ0n) is 4.68. The Morgan fingerprint density at radius 3 is 2.40 bits per heavy atom. The first-order chi connectivity index (χ1) is 3.80. The van der Waals surface area contributed by atoms with Gasteiger partial charge in [0, 0.05) is 0 Å². The van der Waals surface area contributed by atoms with Gasteiger partial charge in [-0.25, -0.2) is 9.78 Å². The molecule has 4 nitrogen and oxygen atoms in total. The van der Waals surface area contributed by atoms with E-state index in [1.54, 1.807) is 0 Å². The minimum Gasteiger partial charge on any atom is -0.475 e. The first kappa shape index (κ1) is 12.0. The maximum atomic E-state index is 9.93. The van der Waals surface area contributed by atoms with Crippen LogP contribution in [0.25, 0.3) is 0 Å². The molecule has 1 heterocycles. The van der Waals surface area contributed by atoms with E-state index < -0.39 is 5.97 Å². The van der Waals surface area contributed by atoms with E-state index in [0.717, 1.165) is 12.6 Å². The van der Waals surface area contributed by atoms with Gasteiger partial charge in [-0.1, -0.05) is 0 Å². The number of hydrogen-bond donors (Lipinski definition) is 1. The highest BCUT2D eigenvalue weighted by atomic mass is 35.5. The summed E-state index contributed by atoms with van der Waals surface area (Å²) in [6, 6.07) is 0. The van der Waals surface area contributed by atoms with Crippen LogP contribution in [-0.4, -0.2) is 16.1 Å². The van der Waals surface area contributed by atoms with E-state index in [1.165, 1.54) is 0 Å². The van der Waals surface area contributed by atoms with Crippen LogP contribution >= 0.6 is 24.8 Å². The summed E-state index contributed by atoms with van der Waals surface area (Å²) in [5, 5.41) is 8.14. The standard InChI is InChI=1S/C4H3NO3.2ClH/c6-4(7)3-1-5-2-8-3;;/h1-2H,(H,6,7);2*1H. The summed E-state index contributed by atoms with van der Waals surface area (Å²) in [5.74, 6) is -1.23. The lowest BCUT2D eigenvalue weighted by molar-refractivity contribution is 0.0662. The van der Waals surface area contributed by atoms with Crippen LogP contribution in [0, 0.1) is 0 Å². The Morgan fingerprint density at radius 1 is 1.60 bits per heavy atom. The number of halogens is 2. The molecule has 1 aromatic rings. The Labute approximate surface area is 69.1 Å². The van der Waals surface area contributed by atoms with E-state index in [1.807, 2.05) is 0 Å². The number of carbonyl (C=O) groups is 1. The number of oxazole rings is 1. The number of aromatic nitrogens is 1. The highest BCUT2D eigenvalue weighted by Gasteiger charge is 2.03. The van der Waals surface area contributed by atoms with Crippen LogP contribution in [0.2, 0.25) is 0 Å². The van der Waals surface area contributed by atoms with Gasteiger partial charge < -0.3 is 9.52 Å². The molecule has 0 bridgehead atoms. The molecular formula is C4H5Cl2NO3. The summed E-state index contributed by atoms with van der Waals surface area (Å²) < 4.78 is 4.38. The van der Waals surface area contributed by atoms with Gasteiger partial charge in [-0.15, -0.1) is 24.8 Å². The Hall–Kier alpha value is -0.740. The molecule has 1 N–H and O–H groups in total. The molecule has 0 aliphatic carbocycles. The SMILES string of the molecule is Cl.Cl.O=C(O)c1cnco1. The average molecular weight is 186 g/mol. The van der Waals surface area contributed by atoms with E-state index in [-0.39, 0.29) is 30.6 Å². The van der Waals surface area contributed by atoms with Gasteiger partial charge in [-0.05, 0) is 0 Å². The van der Waals surface area contributed by atoms with Crippen molar-refractivity contribution in [2.45, 2.75) is 0 Å². The third-order valence-corrected chi connectivity index (χ3v) is 0.643. The van der Waals surface area contributed by atoms with Crippen LogP contribution in [0.3, 0.4) is 0 Å². The molecule has 1 rings (SSSR count). The van der Waals surface area contributed by atoms with Crippen LogP contribution in [0.15, 0.2) is 17.0 Å². The molecular weight excluding hydrogens is 181 g/mol. The Bertz CT molecular complexity index is 186. The largest absolute Gasteiger partial charge is 0.475 e. The zero-order valence-corrected chi connectivity index (χ0v) is 6.32. The summed E-state index contributed by atoms with van der Waals surface area (Å²) in [4.78, 5) is 13.3. The monoisotopic (exact) mass is 185 g/mol. The van der Waals surface area contributed by atoms with Gasteiger partial charge in [0.1, 0.15) is 0 Å². The molecule has 0 aliphatic rings. The highest BCUT2D eigenvalue weighted by molar-refractivity contribution is 5.85. The van der Waals surface area contributed by atoms with Crippen molar-refractivity contribution < 1.29 is 14.3 Å². The topological polar surface area (TPSA) is 63.3 Å². The van der Waals surface area contributed by atoms with Gasteiger partial charge in [-0.2, -0.15) is 0 Å². The fraction of sp³-hybridized carbons (Fsp3) is 0. The number of carboxylic acids is 1. The number of carboxylic acid groups (broad SMARTS) is 1. The molecule has 0 radical (unpaired) electrons. The van der Waals surface area contributed by atoms with Crippen molar-refractivity contribution in [1.82, 2.24) is 4.98 Å². The van der Waals surface area contributed by atoms with Crippen molar-refractivity contribution in [3.05, 3.63) is 18.4 Å². The van der Waals surface area contributed by atoms with Gasteiger partial charge in [0.15, 0.2) is 6.39 Å². The highest BCUT2D eigenvalue weighted by Crippen LogP contribution is 1.93. The van der Waals surface area contributed by atoms with Gasteiger partial charge in [-0.3, -0.25) is 0 Å². The second kappa shape index (κ2) is 5.08. The minimum atomic E-state index is -1.09. The maximum Gasteiger partial charge on any atom is 0.373 e. The van der Waals surface area contributed by atoms with Crippen molar-refractivity contribution in [3.63, 3.8) is 0 Å². The fourth-order valence-corrected chi connectivity index (χ4v) is 0.321. The Morgan fingerprint density at radius 2 is 2.20 bits per heavy atom. The third kappa shape index (κ3) is 2.70. The zero-order chi connectivity index (χ0) is 5.98. The quantitative estimate of drug-likeness (QED) is 0.715. The molecule has 0 saturated carbocycles. The second-order valence-electron chi connectivity index (χ2n) is 1.17. The molecule has 10 heavy (non-hydrogen) atoms. The van der Waals surface area contributed by atoms with Crippen molar-refractivity contribution in [2.24, 2.45) is 0 Å². The van der Waals surface area contributed by atoms with Crippen LogP contribution < -0.4 is 0 Å². The van der Waals surface area contributed by atoms with Gasteiger partial charge in [0.2, 0.25) is 5.76 Å². The molecule has 6 heteroatoms. The van der Waals surface area contributed by atoms with Crippen LogP contribution in [0.1, 0.15) is 10.6 Å². The van der Waals surface area contributed by atoms with Crippen molar-refractivity contribution in [2.75, 3.05) is 0 Å². The van der Waals surface area contributed by atoms with Crippen molar-refractivity contribution in [3.8, 4) is 0 Å². The molecule has 0 aromatic carbocycles. The number of nitrogens with zero attached hydrogens (tertiary/aromatic N) is 1. The molecule has 1 aromatic heterocycles. The van der Waals surface area contributed by atoms with Gasteiger partial charge in [0.05, 0.1) is 6.20 Å². The summed E-state index contributed by atoms with van der Waals surface area (Å²) in [6.45, 7) is 0. The summed E-state index contributed by atoms with van der Waals surface area (Å²) in [6.07, 6.45) is 2.21. The predicted molar refractivity (Wildman–Crippen MR) is 38.0 cm³/mol. The van der Waals surface area contributed by atoms with E-state index in [9.17, 15) is 4.79 Å². The number of hydrogen-bond acceptors (Lipinski definition) is 3. The van der Waals surface area contributed by atoms with Gasteiger partial charge in [0.25, 0.3) is 0 Å². The van der Waals surface area contributed by atoms with E-state index in [2.05, 4.69) is 9.40 Å².